The third-order valence-corrected chi connectivity index (χ3v) is 13.5. The average molecular weight is 848 g/mol. The molecule has 350 valence electrons. The Hall–Kier alpha value is -2.16. The van der Waals surface area contributed by atoms with Crippen molar-refractivity contribution in [1.29, 1.82) is 0 Å². The van der Waals surface area contributed by atoms with Crippen LogP contribution in [0.3, 0.4) is 0 Å². The van der Waals surface area contributed by atoms with Crippen LogP contribution in [0.25, 0.3) is 0 Å². The largest absolute Gasteiger partial charge is 0.462 e. The van der Waals surface area contributed by atoms with Gasteiger partial charge in [0.25, 0.3) is 0 Å². The van der Waals surface area contributed by atoms with Gasteiger partial charge in [0, 0.05) is 13.1 Å². The summed E-state index contributed by atoms with van der Waals surface area (Å²) in [6.45, 7) is 18.2. The summed E-state index contributed by atoms with van der Waals surface area (Å²) in [5, 5.41) is 0. The summed E-state index contributed by atoms with van der Waals surface area (Å²) in [6.07, 6.45) is 27.2. The van der Waals surface area contributed by atoms with E-state index in [1.807, 2.05) is 0 Å². The van der Waals surface area contributed by atoms with Crippen molar-refractivity contribution in [2.45, 2.75) is 209 Å². The summed E-state index contributed by atoms with van der Waals surface area (Å²) < 4.78 is 21.8. The fraction of sp³-hybridized carbons (Fsp3) is 0.922. The number of carbonyl (C=O) groups is 4. The molecule has 60 heavy (non-hydrogen) atoms. The van der Waals surface area contributed by atoms with E-state index in [-0.39, 0.29) is 75.0 Å². The highest BCUT2D eigenvalue weighted by Gasteiger charge is 2.28. The molecule has 0 saturated heterocycles. The smallest absolute Gasteiger partial charge is 0.309 e. The lowest BCUT2D eigenvalue weighted by Gasteiger charge is -2.27. The summed E-state index contributed by atoms with van der Waals surface area (Å²) in [5.74, 6) is 3.56. The summed E-state index contributed by atoms with van der Waals surface area (Å²) in [5.41, 5.74) is 0. The second-order valence-electron chi connectivity index (χ2n) is 20.0. The molecule has 2 unspecified atom stereocenters. The SMILES string of the molecule is CCCCCN(CCC(=O)OCCOC(=O)C1CCC(CCCC(C)CCCC(C)C)CC1)CCC(=O)OCCOC(=O)C1CCC(CCCC(C)CCCC(C)C)CC1. The van der Waals surface area contributed by atoms with E-state index in [4.69, 9.17) is 18.9 Å². The minimum absolute atomic E-state index is 0.0434. The summed E-state index contributed by atoms with van der Waals surface area (Å²) in [7, 11) is 0. The molecule has 9 heteroatoms. The van der Waals surface area contributed by atoms with Gasteiger partial charge in [-0.15, -0.1) is 0 Å². The van der Waals surface area contributed by atoms with Crippen LogP contribution in [0, 0.1) is 47.3 Å². The van der Waals surface area contributed by atoms with E-state index in [0.717, 1.165) is 113 Å². The van der Waals surface area contributed by atoms with E-state index < -0.39 is 0 Å². The van der Waals surface area contributed by atoms with Crippen molar-refractivity contribution >= 4 is 23.9 Å². The van der Waals surface area contributed by atoms with Crippen LogP contribution in [0.15, 0.2) is 0 Å². The first-order valence-electron chi connectivity index (χ1n) is 25.2. The Kier molecular flexibility index (Phi) is 30.1. The molecular weight excluding hydrogens is 755 g/mol. The Balaban J connectivity index is 1.53. The molecule has 0 aromatic carbocycles. The zero-order valence-electron chi connectivity index (χ0n) is 40.0. The van der Waals surface area contributed by atoms with Crippen molar-refractivity contribution < 1.29 is 38.1 Å². The van der Waals surface area contributed by atoms with Crippen LogP contribution in [0.1, 0.15) is 209 Å². The number of nitrogens with zero attached hydrogens (tertiary/aromatic N) is 1. The Morgan fingerprint density at radius 1 is 0.467 bits per heavy atom. The Morgan fingerprint density at radius 3 is 1.23 bits per heavy atom. The van der Waals surface area contributed by atoms with Gasteiger partial charge in [-0.05, 0) is 99.8 Å². The van der Waals surface area contributed by atoms with Crippen LogP contribution in [-0.2, 0) is 38.1 Å². The molecule has 9 nitrogen and oxygen atoms in total. The summed E-state index contributed by atoms with van der Waals surface area (Å²) in [6, 6.07) is 0. The average Bonchev–Trinajstić information content (AvgIpc) is 3.22. The minimum atomic E-state index is -0.336. The monoisotopic (exact) mass is 848 g/mol. The van der Waals surface area contributed by atoms with Crippen LogP contribution in [0.5, 0.6) is 0 Å². The molecule has 0 aromatic heterocycles. The molecule has 0 N–H and O–H groups in total. The predicted molar refractivity (Wildman–Crippen MR) is 243 cm³/mol. The molecule has 0 amide bonds. The highest BCUT2D eigenvalue weighted by molar-refractivity contribution is 5.73. The molecular formula is C51H93NO8. The number of unbranched alkanes of at least 4 members (excludes halogenated alkanes) is 2. The first kappa shape index (κ1) is 54.0. The fourth-order valence-corrected chi connectivity index (χ4v) is 9.32. The summed E-state index contributed by atoms with van der Waals surface area (Å²) in [4.78, 5) is 52.6. The molecule has 2 atom stereocenters. The van der Waals surface area contributed by atoms with E-state index >= 15 is 0 Å². The molecule has 0 heterocycles. The van der Waals surface area contributed by atoms with Gasteiger partial charge in [0.05, 0.1) is 24.7 Å². The van der Waals surface area contributed by atoms with Crippen molar-refractivity contribution in [3.63, 3.8) is 0 Å². The number of esters is 4. The Bertz CT molecular complexity index is 1040. The van der Waals surface area contributed by atoms with Crippen LogP contribution >= 0.6 is 0 Å². The maximum Gasteiger partial charge on any atom is 0.309 e. The second-order valence-corrected chi connectivity index (χ2v) is 20.0. The van der Waals surface area contributed by atoms with Crippen molar-refractivity contribution in [1.82, 2.24) is 4.90 Å². The zero-order valence-corrected chi connectivity index (χ0v) is 40.0. The van der Waals surface area contributed by atoms with Crippen molar-refractivity contribution in [2.24, 2.45) is 47.3 Å². The highest BCUT2D eigenvalue weighted by Crippen LogP contribution is 2.34. The molecule has 2 aliphatic carbocycles. The molecule has 0 aromatic rings. The fourth-order valence-electron chi connectivity index (χ4n) is 9.32. The summed E-state index contributed by atoms with van der Waals surface area (Å²) >= 11 is 0. The first-order chi connectivity index (χ1) is 28.9. The lowest BCUT2D eigenvalue weighted by molar-refractivity contribution is -0.156. The lowest BCUT2D eigenvalue weighted by Crippen LogP contribution is -2.31. The van der Waals surface area contributed by atoms with Gasteiger partial charge in [-0.2, -0.15) is 0 Å². The van der Waals surface area contributed by atoms with Gasteiger partial charge in [0.2, 0.25) is 0 Å². The third kappa shape index (κ3) is 27.0. The van der Waals surface area contributed by atoms with Crippen molar-refractivity contribution in [3.05, 3.63) is 0 Å². The zero-order chi connectivity index (χ0) is 44.0. The molecule has 0 bridgehead atoms. The van der Waals surface area contributed by atoms with Gasteiger partial charge in [0.1, 0.15) is 26.4 Å². The number of rotatable bonds is 34. The normalized spacial score (nSPS) is 20.6. The van der Waals surface area contributed by atoms with Crippen LogP contribution < -0.4 is 0 Å². The number of carbonyl (C=O) groups excluding carboxylic acids is 4. The molecule has 0 radical (unpaired) electrons. The Labute approximate surface area is 368 Å². The third-order valence-electron chi connectivity index (χ3n) is 13.5. The first-order valence-corrected chi connectivity index (χ1v) is 25.2. The van der Waals surface area contributed by atoms with Gasteiger partial charge in [-0.25, -0.2) is 0 Å². The van der Waals surface area contributed by atoms with E-state index in [9.17, 15) is 19.2 Å². The Morgan fingerprint density at radius 2 is 0.850 bits per heavy atom. The minimum Gasteiger partial charge on any atom is -0.462 e. The molecule has 0 aliphatic heterocycles. The van der Waals surface area contributed by atoms with Gasteiger partial charge >= 0.3 is 23.9 Å². The van der Waals surface area contributed by atoms with E-state index in [1.165, 1.54) is 77.0 Å². The number of hydrogen-bond acceptors (Lipinski definition) is 9. The second kappa shape index (κ2) is 33.4. The molecule has 2 fully saturated rings. The van der Waals surface area contributed by atoms with Crippen LogP contribution in [0.2, 0.25) is 0 Å². The van der Waals surface area contributed by atoms with E-state index in [2.05, 4.69) is 53.4 Å². The molecule has 0 spiro atoms. The topological polar surface area (TPSA) is 108 Å². The molecule has 2 saturated carbocycles. The van der Waals surface area contributed by atoms with E-state index in [0.29, 0.717) is 13.1 Å². The van der Waals surface area contributed by atoms with Gasteiger partial charge < -0.3 is 23.8 Å². The maximum atomic E-state index is 12.7. The predicted octanol–water partition coefficient (Wildman–Crippen LogP) is 12.3. The van der Waals surface area contributed by atoms with Crippen LogP contribution in [0.4, 0.5) is 0 Å². The quantitative estimate of drug-likeness (QED) is 0.0355. The standard InChI is InChI=1S/C51H93NO8/c1-8-9-10-33-52(34-31-48(53)57-36-38-59-50(55)46-27-23-44(24-28-46)21-13-19-42(6)17-11-15-40(2)3)35-32-49(54)58-37-39-60-51(56)47-29-25-45(26-30-47)22-14-20-43(7)18-12-16-41(4)5/h40-47H,8-39H2,1-7H3. The van der Waals surface area contributed by atoms with Crippen molar-refractivity contribution in [3.8, 4) is 0 Å². The highest BCUT2D eigenvalue weighted by atomic mass is 16.6. The van der Waals surface area contributed by atoms with Gasteiger partial charge in [-0.3, -0.25) is 19.2 Å². The molecule has 2 rings (SSSR count). The lowest BCUT2D eigenvalue weighted by atomic mass is 9.79. The number of ether oxygens (including phenoxy) is 4. The van der Waals surface area contributed by atoms with Gasteiger partial charge in [0.15, 0.2) is 0 Å². The van der Waals surface area contributed by atoms with Crippen molar-refractivity contribution in [2.75, 3.05) is 46.1 Å². The maximum absolute atomic E-state index is 12.7. The number of hydrogen-bond donors (Lipinski definition) is 0. The van der Waals surface area contributed by atoms with Crippen LogP contribution in [-0.4, -0.2) is 74.8 Å². The molecule has 2 aliphatic rings. The van der Waals surface area contributed by atoms with E-state index in [1.54, 1.807) is 0 Å². The van der Waals surface area contributed by atoms with Gasteiger partial charge in [-0.1, -0.05) is 138 Å².